The summed E-state index contributed by atoms with van der Waals surface area (Å²) in [6.07, 6.45) is 3.07. The van der Waals surface area contributed by atoms with Crippen LogP contribution in [0.2, 0.25) is 0 Å². The fourth-order valence-corrected chi connectivity index (χ4v) is 6.33. The highest BCUT2D eigenvalue weighted by Gasteiger charge is 2.26. The monoisotopic (exact) mass is 547 g/mol. The highest BCUT2D eigenvalue weighted by molar-refractivity contribution is 7.92. The average Bonchev–Trinajstić information content (AvgIpc) is 3.33. The number of benzene rings is 2. The minimum absolute atomic E-state index is 0.0640. The Kier molecular flexibility index (Phi) is 6.84. The number of nitrogens with two attached hydrogens (primary N) is 1. The van der Waals surface area contributed by atoms with E-state index in [1.807, 2.05) is 4.72 Å². The van der Waals surface area contributed by atoms with Crippen molar-refractivity contribution >= 4 is 33.0 Å². The summed E-state index contributed by atoms with van der Waals surface area (Å²) in [7, 11) is -4.64. The molecular formula is C24H20F3N5O3S2. The molecule has 2 aromatic heterocycles. The molecule has 5 rings (SSSR count). The van der Waals surface area contributed by atoms with Crippen LogP contribution in [0.4, 0.5) is 24.8 Å². The van der Waals surface area contributed by atoms with E-state index in [0.717, 1.165) is 30.0 Å². The van der Waals surface area contributed by atoms with Crippen LogP contribution in [-0.2, 0) is 14.8 Å². The van der Waals surface area contributed by atoms with Gasteiger partial charge in [-0.05, 0) is 55.3 Å². The summed E-state index contributed by atoms with van der Waals surface area (Å²) in [4.78, 5) is 12.7. The summed E-state index contributed by atoms with van der Waals surface area (Å²) in [5.41, 5.74) is 6.68. The average molecular weight is 548 g/mol. The number of hydrogen-bond donors (Lipinski definition) is 2. The maximum Gasteiger partial charge on any atom is 0.265 e. The lowest BCUT2D eigenvalue weighted by Crippen LogP contribution is -2.16. The van der Waals surface area contributed by atoms with E-state index in [-0.39, 0.29) is 11.9 Å². The number of aromatic nitrogens is 3. The maximum absolute atomic E-state index is 14.7. The van der Waals surface area contributed by atoms with Gasteiger partial charge in [-0.25, -0.2) is 36.5 Å². The molecule has 0 unspecified atom stereocenters. The van der Waals surface area contributed by atoms with E-state index < -0.39 is 38.1 Å². The number of rotatable bonds is 6. The van der Waals surface area contributed by atoms with Crippen molar-refractivity contribution in [2.45, 2.75) is 23.7 Å². The molecule has 0 aliphatic carbocycles. The van der Waals surface area contributed by atoms with Gasteiger partial charge >= 0.3 is 0 Å². The van der Waals surface area contributed by atoms with Crippen LogP contribution >= 0.6 is 11.3 Å². The van der Waals surface area contributed by atoms with Crippen LogP contribution < -0.4 is 10.5 Å². The number of nitrogen functional groups attached to an aromatic ring is 1. The number of ether oxygens (including phenoxy) is 1. The van der Waals surface area contributed by atoms with Crippen molar-refractivity contribution in [1.29, 1.82) is 0 Å². The number of hydrogen-bond acceptors (Lipinski definition) is 8. The third-order valence-corrected chi connectivity index (χ3v) is 8.41. The fourth-order valence-electron chi connectivity index (χ4n) is 3.96. The van der Waals surface area contributed by atoms with Crippen LogP contribution in [0.15, 0.2) is 53.6 Å². The van der Waals surface area contributed by atoms with Crippen molar-refractivity contribution in [2.75, 3.05) is 23.7 Å². The van der Waals surface area contributed by atoms with Crippen molar-refractivity contribution in [3.8, 4) is 21.8 Å². The summed E-state index contributed by atoms with van der Waals surface area (Å²) in [6.45, 7) is 1.21. The fraction of sp³-hybridized carbons (Fsp3) is 0.208. The first-order valence-corrected chi connectivity index (χ1v) is 13.5. The molecule has 3 N–H and O–H groups in total. The number of nitrogens with zero attached hydrogens (tertiary/aromatic N) is 3. The first kappa shape index (κ1) is 25.1. The molecule has 0 amide bonds. The van der Waals surface area contributed by atoms with Crippen LogP contribution in [0.25, 0.3) is 21.8 Å². The van der Waals surface area contributed by atoms with Crippen LogP contribution in [-0.4, -0.2) is 36.6 Å². The molecule has 192 valence electrons. The Hall–Kier alpha value is -3.55. The lowest BCUT2D eigenvalue weighted by atomic mass is 10.0. The largest absolute Gasteiger partial charge is 0.381 e. The van der Waals surface area contributed by atoms with Gasteiger partial charge in [0, 0.05) is 30.9 Å². The van der Waals surface area contributed by atoms with E-state index in [1.54, 1.807) is 6.07 Å². The van der Waals surface area contributed by atoms with Gasteiger partial charge in [0.15, 0.2) is 0 Å². The first-order valence-electron chi connectivity index (χ1n) is 11.2. The zero-order chi connectivity index (χ0) is 26.2. The number of anilines is 2. The van der Waals surface area contributed by atoms with Crippen LogP contribution in [0, 0.1) is 17.5 Å². The Morgan fingerprint density at radius 1 is 1.00 bits per heavy atom. The Morgan fingerprint density at radius 3 is 2.51 bits per heavy atom. The van der Waals surface area contributed by atoms with E-state index in [0.29, 0.717) is 47.2 Å². The molecular weight excluding hydrogens is 527 g/mol. The van der Waals surface area contributed by atoms with Crippen LogP contribution in [0.1, 0.15) is 23.8 Å². The van der Waals surface area contributed by atoms with Crippen molar-refractivity contribution in [3.63, 3.8) is 0 Å². The van der Waals surface area contributed by atoms with Crippen LogP contribution in [0.5, 0.6) is 0 Å². The molecule has 0 saturated carbocycles. The molecule has 8 nitrogen and oxygen atoms in total. The molecule has 1 aliphatic heterocycles. The number of halogens is 3. The topological polar surface area (TPSA) is 120 Å². The molecule has 0 radical (unpaired) electrons. The van der Waals surface area contributed by atoms with Gasteiger partial charge in [-0.2, -0.15) is 0 Å². The highest BCUT2D eigenvalue weighted by atomic mass is 32.2. The van der Waals surface area contributed by atoms with Crippen molar-refractivity contribution < 1.29 is 26.3 Å². The summed E-state index contributed by atoms with van der Waals surface area (Å²) in [5, 5.41) is 0.832. The van der Waals surface area contributed by atoms with Gasteiger partial charge in [0.25, 0.3) is 10.0 Å². The zero-order valence-electron chi connectivity index (χ0n) is 19.1. The molecule has 37 heavy (non-hydrogen) atoms. The SMILES string of the molecule is Nc1nccc(-c2sc(C3CCOCC3)nc2-c2ccc(F)c(NS(=O)(=O)c3cc(F)ccc3F)c2)n1. The summed E-state index contributed by atoms with van der Waals surface area (Å²) < 4.78 is 75.5. The summed E-state index contributed by atoms with van der Waals surface area (Å²) >= 11 is 1.41. The molecule has 13 heteroatoms. The van der Waals surface area contributed by atoms with E-state index in [9.17, 15) is 21.6 Å². The smallest absolute Gasteiger partial charge is 0.265 e. The van der Waals surface area contributed by atoms with Crippen molar-refractivity contribution in [3.05, 3.63) is 71.1 Å². The van der Waals surface area contributed by atoms with Gasteiger partial charge in [0.05, 0.1) is 27.0 Å². The highest BCUT2D eigenvalue weighted by Crippen LogP contribution is 2.41. The lowest BCUT2D eigenvalue weighted by molar-refractivity contribution is 0.0853. The predicted octanol–water partition coefficient (Wildman–Crippen LogP) is 4.96. The second kappa shape index (κ2) is 10.1. The summed E-state index contributed by atoms with van der Waals surface area (Å²) in [5.74, 6) is -2.81. The Morgan fingerprint density at radius 2 is 1.76 bits per heavy atom. The van der Waals surface area contributed by atoms with Crippen molar-refractivity contribution in [1.82, 2.24) is 15.0 Å². The molecule has 2 aromatic carbocycles. The third kappa shape index (κ3) is 5.29. The van der Waals surface area contributed by atoms with Gasteiger partial charge in [0.1, 0.15) is 22.3 Å². The first-order chi connectivity index (χ1) is 17.7. The minimum atomic E-state index is -4.64. The van der Waals surface area contributed by atoms with Gasteiger partial charge in [-0.3, -0.25) is 4.72 Å². The van der Waals surface area contributed by atoms with E-state index in [4.69, 9.17) is 15.5 Å². The van der Waals surface area contributed by atoms with E-state index in [1.165, 1.54) is 29.7 Å². The quantitative estimate of drug-likeness (QED) is 0.350. The Labute approximate surface area is 214 Å². The van der Waals surface area contributed by atoms with Gasteiger partial charge in [-0.1, -0.05) is 0 Å². The standard InChI is InChI=1S/C24H20F3N5O3S2/c25-15-2-4-17(27)20(12-15)37(33,34)32-19-11-14(1-3-16(19)26)21-22(18-5-8-29-24(28)30-18)36-23(31-21)13-6-9-35-10-7-13/h1-5,8,11-13,32H,6-7,9-10H2,(H2,28,29,30). The van der Waals surface area contributed by atoms with Gasteiger partial charge in [-0.15, -0.1) is 11.3 Å². The molecule has 0 spiro atoms. The number of thiazole rings is 1. The van der Waals surface area contributed by atoms with Crippen LogP contribution in [0.3, 0.4) is 0 Å². The molecule has 4 aromatic rings. The zero-order valence-corrected chi connectivity index (χ0v) is 20.8. The van der Waals surface area contributed by atoms with E-state index >= 15 is 0 Å². The second-order valence-electron chi connectivity index (χ2n) is 8.29. The molecule has 3 heterocycles. The minimum Gasteiger partial charge on any atom is -0.381 e. The molecule has 1 fully saturated rings. The molecule has 0 atom stereocenters. The molecule has 1 saturated heterocycles. The maximum atomic E-state index is 14.7. The van der Waals surface area contributed by atoms with Crippen molar-refractivity contribution in [2.24, 2.45) is 0 Å². The molecule has 1 aliphatic rings. The predicted molar refractivity (Wildman–Crippen MR) is 133 cm³/mol. The Balaban J connectivity index is 1.58. The second-order valence-corrected chi connectivity index (χ2v) is 11.0. The van der Waals surface area contributed by atoms with E-state index in [2.05, 4.69) is 9.97 Å². The summed E-state index contributed by atoms with van der Waals surface area (Å²) in [6, 6.07) is 7.44. The third-order valence-electron chi connectivity index (χ3n) is 5.79. The molecule has 0 bridgehead atoms. The number of nitrogens with one attached hydrogen (secondary N) is 1. The Bertz CT molecular complexity index is 1570. The van der Waals surface area contributed by atoms with Gasteiger partial charge < -0.3 is 10.5 Å². The van der Waals surface area contributed by atoms with Gasteiger partial charge in [0.2, 0.25) is 5.95 Å². The lowest BCUT2D eigenvalue weighted by Gasteiger charge is -2.19. The number of sulfonamides is 1. The normalized spacial score (nSPS) is 14.6.